The molecule has 0 aromatic rings. The minimum Gasteiger partial charge on any atom is -0.433 e. The highest BCUT2D eigenvalue weighted by Gasteiger charge is 2.16. The van der Waals surface area contributed by atoms with Crippen LogP contribution in [0.25, 0.3) is 0 Å². The molecule has 0 fully saturated rings. The molecular weight excluding hydrogens is 252 g/mol. The SMILES string of the molecule is C=C(C)C(=O)OC(C)OC(C)CC(Cl)CCCC. The Morgan fingerprint density at radius 1 is 1.39 bits per heavy atom. The Morgan fingerprint density at radius 3 is 2.50 bits per heavy atom. The lowest BCUT2D eigenvalue weighted by atomic mass is 10.1. The standard InChI is InChI=1S/C14H25ClO3/c1-6-7-8-13(15)9-11(4)17-12(5)18-14(16)10(2)3/h11-13H,2,6-9H2,1,3-5H3. The van der Waals surface area contributed by atoms with Crippen molar-refractivity contribution in [2.24, 2.45) is 0 Å². The van der Waals surface area contributed by atoms with Crippen molar-refractivity contribution < 1.29 is 14.3 Å². The molecule has 3 atom stereocenters. The van der Waals surface area contributed by atoms with Gasteiger partial charge in [-0.25, -0.2) is 4.79 Å². The summed E-state index contributed by atoms with van der Waals surface area (Å²) in [6.07, 6.45) is 3.42. The molecular formula is C14H25ClO3. The van der Waals surface area contributed by atoms with Gasteiger partial charge in [0, 0.05) is 11.0 Å². The van der Waals surface area contributed by atoms with Gasteiger partial charge in [-0.15, -0.1) is 11.6 Å². The summed E-state index contributed by atoms with van der Waals surface area (Å²) in [6, 6.07) is 0. The number of alkyl halides is 1. The van der Waals surface area contributed by atoms with Crippen molar-refractivity contribution in [2.75, 3.05) is 0 Å². The van der Waals surface area contributed by atoms with Gasteiger partial charge in [0.25, 0.3) is 0 Å². The van der Waals surface area contributed by atoms with E-state index in [4.69, 9.17) is 21.1 Å². The summed E-state index contributed by atoms with van der Waals surface area (Å²) in [5.74, 6) is -0.428. The average molecular weight is 277 g/mol. The number of carbonyl (C=O) groups excluding carboxylic acids is 1. The molecule has 0 aromatic heterocycles. The van der Waals surface area contributed by atoms with E-state index in [0.717, 1.165) is 25.7 Å². The number of hydrogen-bond acceptors (Lipinski definition) is 3. The Balaban J connectivity index is 3.89. The lowest BCUT2D eigenvalue weighted by Crippen LogP contribution is -2.25. The first-order chi connectivity index (χ1) is 8.36. The van der Waals surface area contributed by atoms with Crippen LogP contribution < -0.4 is 0 Å². The molecule has 0 aliphatic rings. The maximum absolute atomic E-state index is 11.3. The third-order valence-corrected chi connectivity index (χ3v) is 2.90. The summed E-state index contributed by atoms with van der Waals surface area (Å²) < 4.78 is 10.6. The minimum absolute atomic E-state index is 0.0303. The van der Waals surface area contributed by atoms with Crippen LogP contribution in [0.3, 0.4) is 0 Å². The number of unbranched alkanes of at least 4 members (excludes halogenated alkanes) is 1. The quantitative estimate of drug-likeness (QED) is 0.276. The van der Waals surface area contributed by atoms with Crippen molar-refractivity contribution in [1.29, 1.82) is 0 Å². The summed E-state index contributed by atoms with van der Waals surface area (Å²) in [6.45, 7) is 10.9. The molecule has 18 heavy (non-hydrogen) atoms. The molecule has 3 unspecified atom stereocenters. The summed E-state index contributed by atoms with van der Waals surface area (Å²) >= 11 is 6.19. The third kappa shape index (κ3) is 8.54. The van der Waals surface area contributed by atoms with Crippen molar-refractivity contribution in [3.05, 3.63) is 12.2 Å². The fourth-order valence-corrected chi connectivity index (χ4v) is 1.97. The van der Waals surface area contributed by atoms with Gasteiger partial charge in [-0.05, 0) is 33.6 Å². The smallest absolute Gasteiger partial charge is 0.335 e. The van der Waals surface area contributed by atoms with Crippen LogP contribution in [-0.4, -0.2) is 23.7 Å². The molecule has 0 amide bonds. The second-order valence-corrected chi connectivity index (χ2v) is 5.29. The maximum Gasteiger partial charge on any atom is 0.335 e. The van der Waals surface area contributed by atoms with E-state index in [0.29, 0.717) is 5.57 Å². The monoisotopic (exact) mass is 276 g/mol. The molecule has 0 aliphatic carbocycles. The van der Waals surface area contributed by atoms with E-state index in [-0.39, 0.29) is 11.5 Å². The van der Waals surface area contributed by atoms with Gasteiger partial charge in [-0.2, -0.15) is 0 Å². The van der Waals surface area contributed by atoms with Gasteiger partial charge in [0.15, 0.2) is 0 Å². The highest BCUT2D eigenvalue weighted by molar-refractivity contribution is 6.20. The predicted octanol–water partition coefficient (Wildman–Crippen LogP) is 4.04. The first kappa shape index (κ1) is 17.5. The van der Waals surface area contributed by atoms with Crippen molar-refractivity contribution in [1.82, 2.24) is 0 Å². The second kappa shape index (κ2) is 9.40. The predicted molar refractivity (Wildman–Crippen MR) is 74.7 cm³/mol. The molecule has 0 rings (SSSR count). The second-order valence-electron chi connectivity index (χ2n) is 4.68. The van der Waals surface area contributed by atoms with E-state index < -0.39 is 12.3 Å². The number of hydrogen-bond donors (Lipinski definition) is 0. The molecule has 106 valence electrons. The van der Waals surface area contributed by atoms with Gasteiger partial charge >= 0.3 is 5.97 Å². The van der Waals surface area contributed by atoms with Crippen LogP contribution in [0.4, 0.5) is 0 Å². The first-order valence-corrected chi connectivity index (χ1v) is 6.96. The van der Waals surface area contributed by atoms with Gasteiger partial charge in [0.2, 0.25) is 6.29 Å². The molecule has 3 nitrogen and oxygen atoms in total. The van der Waals surface area contributed by atoms with Crippen molar-refractivity contribution in [2.45, 2.75) is 71.1 Å². The zero-order valence-electron chi connectivity index (χ0n) is 11.9. The van der Waals surface area contributed by atoms with E-state index in [1.807, 2.05) is 6.92 Å². The Kier molecular flexibility index (Phi) is 9.12. The first-order valence-electron chi connectivity index (χ1n) is 6.52. The number of rotatable bonds is 9. The Morgan fingerprint density at radius 2 is 2.00 bits per heavy atom. The summed E-state index contributed by atoms with van der Waals surface area (Å²) in [7, 11) is 0. The normalized spacial score (nSPS) is 15.8. The van der Waals surface area contributed by atoms with E-state index in [9.17, 15) is 4.79 Å². The van der Waals surface area contributed by atoms with E-state index in [1.165, 1.54) is 0 Å². The minimum atomic E-state index is -0.570. The lowest BCUT2D eigenvalue weighted by Gasteiger charge is -2.21. The summed E-state index contributed by atoms with van der Waals surface area (Å²) in [4.78, 5) is 11.3. The Labute approximate surface area is 115 Å². The molecule has 0 aliphatic heterocycles. The molecule has 0 saturated carbocycles. The number of esters is 1. The van der Waals surface area contributed by atoms with Crippen LogP contribution in [0.5, 0.6) is 0 Å². The molecule has 0 radical (unpaired) electrons. The molecule has 0 N–H and O–H groups in total. The Bertz CT molecular complexity index is 266. The largest absolute Gasteiger partial charge is 0.433 e. The van der Waals surface area contributed by atoms with Crippen LogP contribution in [0.2, 0.25) is 0 Å². The van der Waals surface area contributed by atoms with Gasteiger partial charge in [0.1, 0.15) is 0 Å². The molecule has 4 heteroatoms. The van der Waals surface area contributed by atoms with Crippen molar-refractivity contribution >= 4 is 17.6 Å². The molecule has 0 spiro atoms. The fourth-order valence-electron chi connectivity index (χ4n) is 1.57. The summed E-state index contributed by atoms with van der Waals surface area (Å²) in [5, 5.41) is 0.115. The van der Waals surface area contributed by atoms with Gasteiger partial charge < -0.3 is 9.47 Å². The van der Waals surface area contributed by atoms with E-state index >= 15 is 0 Å². The highest BCUT2D eigenvalue weighted by Crippen LogP contribution is 2.16. The zero-order valence-corrected chi connectivity index (χ0v) is 12.6. The van der Waals surface area contributed by atoms with Crippen molar-refractivity contribution in [3.8, 4) is 0 Å². The number of ether oxygens (including phenoxy) is 2. The Hall–Kier alpha value is -0.540. The van der Waals surface area contributed by atoms with Gasteiger partial charge in [-0.3, -0.25) is 0 Å². The van der Waals surface area contributed by atoms with Crippen LogP contribution in [0.15, 0.2) is 12.2 Å². The van der Waals surface area contributed by atoms with Gasteiger partial charge in [0.05, 0.1) is 6.10 Å². The fraction of sp³-hybridized carbons (Fsp3) is 0.786. The topological polar surface area (TPSA) is 35.5 Å². The van der Waals surface area contributed by atoms with Crippen molar-refractivity contribution in [3.63, 3.8) is 0 Å². The van der Waals surface area contributed by atoms with E-state index in [1.54, 1.807) is 13.8 Å². The lowest BCUT2D eigenvalue weighted by molar-refractivity contribution is -0.179. The molecule has 0 heterocycles. The van der Waals surface area contributed by atoms with Crippen LogP contribution in [0.1, 0.15) is 53.4 Å². The number of halogens is 1. The highest BCUT2D eigenvalue weighted by atomic mass is 35.5. The maximum atomic E-state index is 11.3. The van der Waals surface area contributed by atoms with E-state index in [2.05, 4.69) is 13.5 Å². The number of carbonyl (C=O) groups is 1. The third-order valence-electron chi connectivity index (χ3n) is 2.50. The van der Waals surface area contributed by atoms with Gasteiger partial charge in [-0.1, -0.05) is 26.3 Å². The average Bonchev–Trinajstić information content (AvgIpc) is 2.25. The molecule has 0 saturated heterocycles. The molecule has 0 bridgehead atoms. The van der Waals surface area contributed by atoms with Crippen LogP contribution in [-0.2, 0) is 14.3 Å². The van der Waals surface area contributed by atoms with Crippen LogP contribution in [0, 0.1) is 0 Å². The molecule has 0 aromatic carbocycles. The zero-order chi connectivity index (χ0) is 14.1. The summed E-state index contributed by atoms with van der Waals surface area (Å²) in [5.41, 5.74) is 0.372. The van der Waals surface area contributed by atoms with Crippen LogP contribution >= 0.6 is 11.6 Å².